The summed E-state index contributed by atoms with van der Waals surface area (Å²) in [4.78, 5) is 13.2. The first-order valence-corrected chi connectivity index (χ1v) is 6.54. The molecule has 1 atom stereocenters. The zero-order valence-corrected chi connectivity index (χ0v) is 11.3. The molecule has 1 aliphatic heterocycles. The average Bonchev–Trinajstić information content (AvgIpc) is 2.88. The van der Waals surface area contributed by atoms with Crippen molar-refractivity contribution in [1.82, 2.24) is 14.7 Å². The van der Waals surface area contributed by atoms with Gasteiger partial charge in [-0.25, -0.2) is 0 Å². The van der Waals surface area contributed by atoms with Crippen LogP contribution >= 0.6 is 0 Å². The Balaban J connectivity index is 2.19. The number of rotatable bonds is 4. The van der Waals surface area contributed by atoms with Crippen molar-refractivity contribution in [2.45, 2.75) is 52.7 Å². The van der Waals surface area contributed by atoms with Crippen LogP contribution in [0.25, 0.3) is 0 Å². The first kappa shape index (κ1) is 13.1. The largest absolute Gasteiger partial charge is 0.480 e. The Morgan fingerprint density at radius 1 is 1.50 bits per heavy atom. The Bertz CT molecular complexity index is 453. The normalized spacial score (nSPS) is 20.5. The molecule has 1 fully saturated rings. The molecule has 1 aromatic heterocycles. The van der Waals surface area contributed by atoms with Gasteiger partial charge in [-0.3, -0.25) is 14.4 Å². The summed E-state index contributed by atoms with van der Waals surface area (Å²) >= 11 is 0. The van der Waals surface area contributed by atoms with Gasteiger partial charge >= 0.3 is 5.97 Å². The molecule has 1 aliphatic rings. The van der Waals surface area contributed by atoms with E-state index in [0.29, 0.717) is 6.54 Å². The fourth-order valence-electron chi connectivity index (χ4n) is 2.77. The van der Waals surface area contributed by atoms with Crippen molar-refractivity contribution in [3.05, 3.63) is 17.0 Å². The average molecular weight is 251 g/mol. The van der Waals surface area contributed by atoms with Crippen LogP contribution in [0.15, 0.2) is 0 Å². The lowest BCUT2D eigenvalue weighted by Gasteiger charge is -2.21. The molecule has 100 valence electrons. The second-order valence-electron chi connectivity index (χ2n) is 4.93. The molecular formula is C13H21N3O2. The molecule has 0 spiro atoms. The third-order valence-corrected chi connectivity index (χ3v) is 3.84. The van der Waals surface area contributed by atoms with Crippen LogP contribution < -0.4 is 0 Å². The monoisotopic (exact) mass is 251 g/mol. The smallest absolute Gasteiger partial charge is 0.320 e. The summed E-state index contributed by atoms with van der Waals surface area (Å²) in [6, 6.07) is -0.325. The number of hydrogen-bond donors (Lipinski definition) is 1. The van der Waals surface area contributed by atoms with Gasteiger partial charge in [-0.15, -0.1) is 0 Å². The molecule has 0 radical (unpaired) electrons. The molecule has 0 bridgehead atoms. The number of nitrogens with zero attached hydrogens (tertiary/aromatic N) is 3. The maximum absolute atomic E-state index is 11.2. The van der Waals surface area contributed by atoms with Gasteiger partial charge in [0.15, 0.2) is 0 Å². The van der Waals surface area contributed by atoms with Gasteiger partial charge in [0.25, 0.3) is 0 Å². The third kappa shape index (κ3) is 2.27. The highest BCUT2D eigenvalue weighted by atomic mass is 16.4. The summed E-state index contributed by atoms with van der Waals surface area (Å²) < 4.78 is 1.98. The van der Waals surface area contributed by atoms with Gasteiger partial charge in [-0.05, 0) is 40.2 Å². The summed E-state index contributed by atoms with van der Waals surface area (Å²) in [7, 11) is 0. The maximum Gasteiger partial charge on any atom is 0.320 e. The quantitative estimate of drug-likeness (QED) is 0.882. The molecule has 0 saturated carbocycles. The second kappa shape index (κ2) is 5.10. The molecule has 0 aromatic carbocycles. The molecule has 5 nitrogen and oxygen atoms in total. The predicted octanol–water partition coefficient (Wildman–Crippen LogP) is 1.57. The minimum atomic E-state index is -0.703. The number of aromatic nitrogens is 2. The standard InChI is InChI=1S/C13H21N3O2/c1-4-16-10(3)11(9(2)14-16)8-15-7-5-6-12(15)13(17)18/h12H,4-8H2,1-3H3,(H,17,18). The Morgan fingerprint density at radius 3 is 2.78 bits per heavy atom. The Hall–Kier alpha value is -1.36. The minimum absolute atomic E-state index is 0.325. The summed E-state index contributed by atoms with van der Waals surface area (Å²) in [5.74, 6) is -0.703. The number of aliphatic carboxylic acids is 1. The van der Waals surface area contributed by atoms with E-state index < -0.39 is 5.97 Å². The zero-order chi connectivity index (χ0) is 13.3. The van der Waals surface area contributed by atoms with E-state index >= 15 is 0 Å². The number of carboxylic acids is 1. The Labute approximate surface area is 107 Å². The van der Waals surface area contributed by atoms with Gasteiger partial charge in [0, 0.05) is 24.3 Å². The number of hydrogen-bond acceptors (Lipinski definition) is 3. The third-order valence-electron chi connectivity index (χ3n) is 3.84. The molecule has 0 aliphatic carbocycles. The van der Waals surface area contributed by atoms with E-state index in [9.17, 15) is 9.90 Å². The SMILES string of the molecule is CCn1nc(C)c(CN2CCCC2C(=O)O)c1C. The van der Waals surface area contributed by atoms with Crippen molar-refractivity contribution in [3.63, 3.8) is 0 Å². The first-order valence-electron chi connectivity index (χ1n) is 6.54. The molecule has 1 saturated heterocycles. The van der Waals surface area contributed by atoms with Crippen molar-refractivity contribution in [1.29, 1.82) is 0 Å². The van der Waals surface area contributed by atoms with E-state index in [1.807, 2.05) is 11.6 Å². The van der Waals surface area contributed by atoms with E-state index in [0.717, 1.165) is 37.3 Å². The Kier molecular flexibility index (Phi) is 3.71. The van der Waals surface area contributed by atoms with Crippen molar-refractivity contribution < 1.29 is 9.90 Å². The van der Waals surface area contributed by atoms with E-state index in [1.54, 1.807) is 0 Å². The lowest BCUT2D eigenvalue weighted by atomic mass is 10.1. The fraction of sp³-hybridized carbons (Fsp3) is 0.692. The molecule has 2 rings (SSSR count). The molecule has 1 unspecified atom stereocenters. The number of likely N-dealkylation sites (tertiary alicyclic amines) is 1. The summed E-state index contributed by atoms with van der Waals surface area (Å²) in [6.07, 6.45) is 1.73. The zero-order valence-electron chi connectivity index (χ0n) is 11.3. The van der Waals surface area contributed by atoms with Crippen LogP contribution in [0.1, 0.15) is 36.7 Å². The van der Waals surface area contributed by atoms with Crippen LogP contribution in [0.4, 0.5) is 0 Å². The fourth-order valence-corrected chi connectivity index (χ4v) is 2.77. The van der Waals surface area contributed by atoms with Crippen LogP contribution in [0, 0.1) is 13.8 Å². The molecule has 1 N–H and O–H groups in total. The highest BCUT2D eigenvalue weighted by molar-refractivity contribution is 5.73. The van der Waals surface area contributed by atoms with Crippen LogP contribution in [-0.2, 0) is 17.9 Å². The van der Waals surface area contributed by atoms with Crippen LogP contribution in [0.2, 0.25) is 0 Å². The molecule has 1 aromatic rings. The van der Waals surface area contributed by atoms with Gasteiger partial charge in [0.1, 0.15) is 6.04 Å². The van der Waals surface area contributed by atoms with E-state index in [-0.39, 0.29) is 6.04 Å². The summed E-state index contributed by atoms with van der Waals surface area (Å²) in [5, 5.41) is 13.7. The molecule has 0 amide bonds. The van der Waals surface area contributed by atoms with Crippen molar-refractivity contribution >= 4 is 5.97 Å². The predicted molar refractivity (Wildman–Crippen MR) is 68.4 cm³/mol. The maximum atomic E-state index is 11.2. The Morgan fingerprint density at radius 2 is 2.22 bits per heavy atom. The van der Waals surface area contributed by atoms with Crippen LogP contribution in [-0.4, -0.2) is 38.3 Å². The van der Waals surface area contributed by atoms with Crippen LogP contribution in [0.3, 0.4) is 0 Å². The number of carboxylic acid groups (broad SMARTS) is 1. The van der Waals surface area contributed by atoms with Gasteiger partial charge in [-0.2, -0.15) is 5.10 Å². The molecular weight excluding hydrogens is 230 g/mol. The van der Waals surface area contributed by atoms with Gasteiger partial charge < -0.3 is 5.11 Å². The first-order chi connectivity index (χ1) is 8.54. The lowest BCUT2D eigenvalue weighted by molar-refractivity contribution is -0.142. The number of carbonyl (C=O) groups is 1. The molecule has 18 heavy (non-hydrogen) atoms. The van der Waals surface area contributed by atoms with E-state index in [1.165, 1.54) is 5.56 Å². The van der Waals surface area contributed by atoms with Crippen molar-refractivity contribution in [3.8, 4) is 0 Å². The minimum Gasteiger partial charge on any atom is -0.480 e. The highest BCUT2D eigenvalue weighted by Gasteiger charge is 2.31. The summed E-state index contributed by atoms with van der Waals surface area (Å²) in [6.45, 7) is 8.56. The van der Waals surface area contributed by atoms with Gasteiger partial charge in [-0.1, -0.05) is 0 Å². The van der Waals surface area contributed by atoms with Crippen molar-refractivity contribution in [2.24, 2.45) is 0 Å². The second-order valence-corrected chi connectivity index (χ2v) is 4.93. The van der Waals surface area contributed by atoms with Gasteiger partial charge in [0.2, 0.25) is 0 Å². The van der Waals surface area contributed by atoms with E-state index in [2.05, 4.69) is 23.8 Å². The molecule has 2 heterocycles. The number of aryl methyl sites for hydroxylation is 2. The summed E-state index contributed by atoms with van der Waals surface area (Å²) in [5.41, 5.74) is 3.36. The topological polar surface area (TPSA) is 58.4 Å². The molecule has 5 heteroatoms. The van der Waals surface area contributed by atoms with Crippen LogP contribution in [0.5, 0.6) is 0 Å². The highest BCUT2D eigenvalue weighted by Crippen LogP contribution is 2.23. The lowest BCUT2D eigenvalue weighted by Crippen LogP contribution is -2.35. The van der Waals surface area contributed by atoms with E-state index in [4.69, 9.17) is 0 Å². The van der Waals surface area contributed by atoms with Crippen molar-refractivity contribution in [2.75, 3.05) is 6.54 Å². The van der Waals surface area contributed by atoms with Gasteiger partial charge in [0.05, 0.1) is 5.69 Å².